The second kappa shape index (κ2) is 19.0. The van der Waals surface area contributed by atoms with Gasteiger partial charge in [-0.15, -0.1) is 0 Å². The zero-order valence-corrected chi connectivity index (χ0v) is 31.7. The summed E-state index contributed by atoms with van der Waals surface area (Å²) in [7, 11) is -1.81. The van der Waals surface area contributed by atoms with Crippen molar-refractivity contribution >= 4 is 26.0 Å². The van der Waals surface area contributed by atoms with E-state index in [1.807, 2.05) is 13.8 Å². The zero-order valence-electron chi connectivity index (χ0n) is 30.7. The fourth-order valence-corrected chi connectivity index (χ4v) is 5.76. The third-order valence-electron chi connectivity index (χ3n) is 8.84. The molecule has 5 unspecified atom stereocenters. The highest BCUT2D eigenvalue weighted by Crippen LogP contribution is 2.42. The van der Waals surface area contributed by atoms with Crippen molar-refractivity contribution in [3.05, 3.63) is 0 Å². The van der Waals surface area contributed by atoms with Crippen LogP contribution in [-0.4, -0.2) is 106 Å². The molecule has 9 nitrogen and oxygen atoms in total. The van der Waals surface area contributed by atoms with Gasteiger partial charge in [0.05, 0.1) is 37.3 Å². The Hall–Kier alpha value is -2.33. The highest BCUT2D eigenvalue weighted by atomic mass is 28.3. The smallest absolute Gasteiger partial charge is 0.434 e. The average Bonchev–Trinajstić information content (AvgIpc) is 2.92. The predicted octanol–water partition coefficient (Wildman–Crippen LogP) is 8.09. The minimum atomic E-state index is -6.31. The predicted molar refractivity (Wildman–Crippen MR) is 165 cm³/mol. The lowest BCUT2D eigenvalue weighted by Crippen LogP contribution is -2.50. The van der Waals surface area contributed by atoms with Gasteiger partial charge in [0.25, 0.3) is 12.2 Å². The lowest BCUT2D eigenvalue weighted by atomic mass is 9.80. The molecule has 0 spiro atoms. The minimum Gasteiger partial charge on any atom is -0.459 e. The van der Waals surface area contributed by atoms with Gasteiger partial charge in [-0.1, -0.05) is 40.4 Å². The van der Waals surface area contributed by atoms with Gasteiger partial charge in [-0.2, -0.15) is 52.7 Å². The van der Waals surface area contributed by atoms with Crippen molar-refractivity contribution in [1.29, 1.82) is 0 Å². The third kappa shape index (κ3) is 17.3. The first kappa shape index (κ1) is 50.7. The molecule has 0 aromatic carbocycles. The molecule has 0 aliphatic rings. The largest absolute Gasteiger partial charge is 0.459 e. The molecule has 0 heterocycles. The van der Waals surface area contributed by atoms with E-state index >= 15 is 0 Å². The molecular formula is C31H48F12O9Si. The first-order valence-corrected chi connectivity index (χ1v) is 19.7. The van der Waals surface area contributed by atoms with E-state index in [-0.39, 0.29) is 24.7 Å². The van der Waals surface area contributed by atoms with Crippen LogP contribution in [0, 0.1) is 11.8 Å². The summed E-state index contributed by atoms with van der Waals surface area (Å²) in [5.41, 5.74) is -2.22. The van der Waals surface area contributed by atoms with E-state index in [0.717, 1.165) is 13.8 Å². The number of aliphatic hydroxyl groups excluding tert-OH is 1. The number of rotatable bonds is 20. The van der Waals surface area contributed by atoms with Crippen molar-refractivity contribution in [2.45, 2.75) is 147 Å². The summed E-state index contributed by atoms with van der Waals surface area (Å²) in [6.45, 7) is 13.5. The Morgan fingerprint density at radius 2 is 1.11 bits per heavy atom. The van der Waals surface area contributed by atoms with Crippen LogP contribution < -0.4 is 0 Å². The minimum absolute atomic E-state index is 0.0358. The number of hydrogen-bond donors (Lipinski definition) is 1. The van der Waals surface area contributed by atoms with E-state index in [4.69, 9.17) is 19.3 Å². The van der Waals surface area contributed by atoms with Gasteiger partial charge >= 0.3 is 42.6 Å². The van der Waals surface area contributed by atoms with Crippen molar-refractivity contribution in [3.63, 3.8) is 0 Å². The van der Waals surface area contributed by atoms with E-state index in [1.165, 1.54) is 6.92 Å². The maximum absolute atomic E-state index is 13.4. The van der Waals surface area contributed by atoms with Gasteiger partial charge in [-0.05, 0) is 31.7 Å². The number of alkyl halides is 12. The van der Waals surface area contributed by atoms with Crippen LogP contribution in [0.25, 0.3) is 0 Å². The van der Waals surface area contributed by atoms with Crippen molar-refractivity contribution in [3.8, 4) is 0 Å². The molecule has 0 radical (unpaired) electrons. The number of carbonyl (C=O) groups is 3. The maximum Gasteiger partial charge on any atom is 0.434 e. The average molecular weight is 821 g/mol. The van der Waals surface area contributed by atoms with Gasteiger partial charge in [-0.3, -0.25) is 14.4 Å². The standard InChI is InChI=1S/C31H48F12O9Si/c1-17(48-13-11-44)14-20(49-12-10-26(4,5)53(7,8)9)15-27(6,52-19(3)45)16-21(23(47)51-25(30(38,39)40)31(41,42)43)18(2)22(46)50-24(28(32,33)34)29(35,36)37/h17-18,20-21,24-25,44H,10-16H2,1-9H3. The van der Waals surface area contributed by atoms with Crippen LogP contribution in [0.3, 0.4) is 0 Å². The van der Waals surface area contributed by atoms with Gasteiger partial charge in [0, 0.05) is 34.4 Å². The highest BCUT2D eigenvalue weighted by Gasteiger charge is 2.62. The molecule has 0 amide bonds. The molecule has 0 aliphatic carbocycles. The van der Waals surface area contributed by atoms with Crippen LogP contribution in [0.4, 0.5) is 52.7 Å². The molecule has 5 atom stereocenters. The van der Waals surface area contributed by atoms with Gasteiger partial charge in [0.1, 0.15) is 5.60 Å². The van der Waals surface area contributed by atoms with Crippen molar-refractivity contribution < 1.29 is 95.9 Å². The molecular weight excluding hydrogens is 772 g/mol. The molecule has 0 aliphatic heterocycles. The maximum atomic E-state index is 13.4. The van der Waals surface area contributed by atoms with Crippen LogP contribution in [-0.2, 0) is 38.1 Å². The Morgan fingerprint density at radius 3 is 1.49 bits per heavy atom. The summed E-state index contributed by atoms with van der Waals surface area (Å²) in [5, 5.41) is 8.92. The number of halogens is 12. The summed E-state index contributed by atoms with van der Waals surface area (Å²) in [6, 6.07) is 0. The van der Waals surface area contributed by atoms with Gasteiger partial charge < -0.3 is 28.8 Å². The molecule has 1 N–H and O–H groups in total. The summed E-state index contributed by atoms with van der Waals surface area (Å²) in [6.07, 6.45) is -38.0. The molecule has 22 heteroatoms. The van der Waals surface area contributed by atoms with Gasteiger partial charge in [0.15, 0.2) is 0 Å². The highest BCUT2D eigenvalue weighted by molar-refractivity contribution is 6.79. The Bertz CT molecular complexity index is 1160. The number of carbonyl (C=O) groups excluding carboxylic acids is 3. The van der Waals surface area contributed by atoms with E-state index in [2.05, 4.69) is 29.1 Å². The van der Waals surface area contributed by atoms with E-state index in [9.17, 15) is 67.1 Å². The quantitative estimate of drug-likeness (QED) is 0.0563. The normalized spacial score (nSPS) is 17.2. The fraction of sp³-hybridized carbons (Fsp3) is 0.903. The lowest BCUT2D eigenvalue weighted by Gasteiger charge is -2.39. The van der Waals surface area contributed by atoms with Gasteiger partial charge in [-0.25, -0.2) is 0 Å². The third-order valence-corrected chi connectivity index (χ3v) is 13.1. The topological polar surface area (TPSA) is 118 Å². The Balaban J connectivity index is 7.10. The Morgan fingerprint density at radius 1 is 0.679 bits per heavy atom. The fourth-order valence-electron chi connectivity index (χ4n) is 4.91. The molecule has 314 valence electrons. The molecule has 0 saturated carbocycles. The monoisotopic (exact) mass is 820 g/mol. The lowest BCUT2D eigenvalue weighted by molar-refractivity contribution is -0.317. The SMILES string of the molecule is CC(=O)OC(C)(CC(CC(C)OCCO)OCCC(C)(C)[Si](C)(C)C)CC(C(=O)OC(C(F)(F)F)C(F)(F)F)C(C)C(=O)OC(C(F)(F)F)C(F)(F)F. The molecule has 0 fully saturated rings. The molecule has 0 aromatic rings. The zero-order chi connectivity index (χ0) is 42.2. The van der Waals surface area contributed by atoms with Crippen LogP contribution in [0.15, 0.2) is 0 Å². The molecule has 0 bridgehead atoms. The van der Waals surface area contributed by atoms with E-state index in [0.29, 0.717) is 13.3 Å². The van der Waals surface area contributed by atoms with Crippen LogP contribution in [0.1, 0.15) is 67.2 Å². The number of aliphatic hydroxyl groups is 1. The Kier molecular flexibility index (Phi) is 18.2. The second-order valence-corrected chi connectivity index (χ2v) is 20.5. The summed E-state index contributed by atoms with van der Waals surface area (Å²) >= 11 is 0. The van der Waals surface area contributed by atoms with Crippen molar-refractivity contribution in [1.82, 2.24) is 0 Å². The summed E-state index contributed by atoms with van der Waals surface area (Å²) in [4.78, 5) is 38.1. The second-order valence-electron chi connectivity index (χ2n) is 14.7. The molecule has 0 rings (SSSR count). The molecule has 53 heavy (non-hydrogen) atoms. The molecule has 0 saturated heterocycles. The van der Waals surface area contributed by atoms with Crippen LogP contribution in [0.5, 0.6) is 0 Å². The number of hydrogen-bond acceptors (Lipinski definition) is 9. The van der Waals surface area contributed by atoms with Crippen molar-refractivity contribution in [2.24, 2.45) is 11.8 Å². The first-order chi connectivity index (χ1) is 23.5. The van der Waals surface area contributed by atoms with Crippen LogP contribution in [0.2, 0.25) is 24.7 Å². The number of ether oxygens (including phenoxy) is 5. The van der Waals surface area contributed by atoms with Crippen LogP contribution >= 0.6 is 0 Å². The summed E-state index contributed by atoms with van der Waals surface area (Å²) in [5.74, 6) is -11.6. The molecule has 0 aromatic heterocycles. The first-order valence-electron chi connectivity index (χ1n) is 16.2. The van der Waals surface area contributed by atoms with Crippen molar-refractivity contribution in [2.75, 3.05) is 19.8 Å². The van der Waals surface area contributed by atoms with E-state index < -0.39 is 112 Å². The van der Waals surface area contributed by atoms with Gasteiger partial charge in [0.2, 0.25) is 0 Å². The van der Waals surface area contributed by atoms with E-state index in [1.54, 1.807) is 0 Å². The number of esters is 3. The Labute approximate surface area is 300 Å². The summed E-state index contributed by atoms with van der Waals surface area (Å²) < 4.78 is 183.